The van der Waals surface area contributed by atoms with Crippen molar-refractivity contribution in [3.05, 3.63) is 71.2 Å². The van der Waals surface area contributed by atoms with Crippen LogP contribution >= 0.6 is 0 Å². The Labute approximate surface area is 219 Å². The average molecular weight is 529 g/mol. The SMILES string of the molecule is CCC(O)(c1c(F)cnc2ccc(OC)cc12)[C@@H]1CCN(C2CC(c3cc(F)cc(F)c3)C2)C[C@@H]1C(=O)O. The summed E-state index contributed by atoms with van der Waals surface area (Å²) in [6.07, 6.45) is 2.87. The van der Waals surface area contributed by atoms with E-state index in [1.165, 1.54) is 19.2 Å². The summed E-state index contributed by atoms with van der Waals surface area (Å²) in [7, 11) is 1.49. The van der Waals surface area contributed by atoms with Gasteiger partial charge in [0.1, 0.15) is 23.2 Å². The normalized spacial score (nSPS) is 25.5. The molecule has 6 nitrogen and oxygen atoms in total. The Balaban J connectivity index is 1.40. The number of halogens is 3. The van der Waals surface area contributed by atoms with Crippen molar-refractivity contribution < 1.29 is 32.9 Å². The van der Waals surface area contributed by atoms with Crippen LogP contribution in [-0.4, -0.2) is 52.3 Å². The van der Waals surface area contributed by atoms with Gasteiger partial charge in [0.25, 0.3) is 0 Å². The van der Waals surface area contributed by atoms with Gasteiger partial charge in [-0.05, 0) is 74.0 Å². The molecular formula is C29H31F3N2O4. The molecule has 2 N–H and O–H groups in total. The lowest BCUT2D eigenvalue weighted by atomic mass is 9.67. The first-order valence-electron chi connectivity index (χ1n) is 12.9. The second-order valence-corrected chi connectivity index (χ2v) is 10.5. The van der Waals surface area contributed by atoms with E-state index >= 15 is 4.39 Å². The van der Waals surface area contributed by atoms with Gasteiger partial charge in [-0.1, -0.05) is 6.92 Å². The fourth-order valence-electron chi connectivity index (χ4n) is 6.44. The van der Waals surface area contributed by atoms with Crippen LogP contribution in [0.5, 0.6) is 5.75 Å². The highest BCUT2D eigenvalue weighted by atomic mass is 19.1. The van der Waals surface area contributed by atoms with E-state index in [1.807, 2.05) is 0 Å². The van der Waals surface area contributed by atoms with Gasteiger partial charge in [-0.2, -0.15) is 0 Å². The van der Waals surface area contributed by atoms with E-state index in [9.17, 15) is 23.8 Å². The third-order valence-electron chi connectivity index (χ3n) is 8.56. The number of methoxy groups -OCH3 is 1. The minimum Gasteiger partial charge on any atom is -0.497 e. The minimum absolute atomic E-state index is 0.00559. The third kappa shape index (κ3) is 4.62. The molecular weight excluding hydrogens is 497 g/mol. The van der Waals surface area contributed by atoms with Crippen LogP contribution in [0.1, 0.15) is 49.7 Å². The van der Waals surface area contributed by atoms with Crippen LogP contribution in [0.4, 0.5) is 13.2 Å². The van der Waals surface area contributed by atoms with Gasteiger partial charge in [-0.15, -0.1) is 0 Å². The predicted molar refractivity (Wildman–Crippen MR) is 135 cm³/mol. The van der Waals surface area contributed by atoms with Crippen molar-refractivity contribution in [2.45, 2.75) is 50.2 Å². The van der Waals surface area contributed by atoms with Gasteiger partial charge in [-0.25, -0.2) is 13.2 Å². The van der Waals surface area contributed by atoms with Gasteiger partial charge in [0.15, 0.2) is 0 Å². The van der Waals surface area contributed by atoms with Gasteiger partial charge >= 0.3 is 5.97 Å². The maximum absolute atomic E-state index is 15.4. The number of likely N-dealkylation sites (tertiary alicyclic amines) is 1. The molecule has 1 aliphatic carbocycles. The summed E-state index contributed by atoms with van der Waals surface area (Å²) in [5.41, 5.74) is -0.606. The van der Waals surface area contributed by atoms with Crippen molar-refractivity contribution in [2.75, 3.05) is 20.2 Å². The number of pyridine rings is 1. The van der Waals surface area contributed by atoms with Gasteiger partial charge in [0.2, 0.25) is 0 Å². The Bertz CT molecular complexity index is 1340. The van der Waals surface area contributed by atoms with Crippen molar-refractivity contribution in [1.29, 1.82) is 0 Å². The number of hydrogen-bond acceptors (Lipinski definition) is 5. The molecule has 2 heterocycles. The second-order valence-electron chi connectivity index (χ2n) is 10.5. The van der Waals surface area contributed by atoms with Crippen molar-refractivity contribution in [3.8, 4) is 5.75 Å². The molecule has 1 aliphatic heterocycles. The second kappa shape index (κ2) is 10.2. The summed E-state index contributed by atoms with van der Waals surface area (Å²) in [4.78, 5) is 18.7. The number of aliphatic hydroxyl groups is 1. The van der Waals surface area contributed by atoms with Crippen LogP contribution in [0, 0.1) is 29.3 Å². The molecule has 0 radical (unpaired) electrons. The number of benzene rings is 2. The van der Waals surface area contributed by atoms with Crippen LogP contribution in [0.25, 0.3) is 10.9 Å². The first-order valence-corrected chi connectivity index (χ1v) is 12.9. The number of rotatable bonds is 7. The smallest absolute Gasteiger partial charge is 0.308 e. The average Bonchev–Trinajstić information content (AvgIpc) is 2.86. The summed E-state index contributed by atoms with van der Waals surface area (Å²) >= 11 is 0. The molecule has 3 aromatic rings. The molecule has 1 saturated heterocycles. The molecule has 2 fully saturated rings. The lowest BCUT2D eigenvalue weighted by Gasteiger charge is -2.50. The van der Waals surface area contributed by atoms with Crippen molar-refractivity contribution in [3.63, 3.8) is 0 Å². The number of carbonyl (C=O) groups is 1. The van der Waals surface area contributed by atoms with Gasteiger partial charge in [0, 0.05) is 35.5 Å². The third-order valence-corrected chi connectivity index (χ3v) is 8.56. The molecule has 3 atom stereocenters. The first-order chi connectivity index (χ1) is 18.1. The van der Waals surface area contributed by atoms with E-state index in [2.05, 4.69) is 9.88 Å². The number of hydrogen-bond donors (Lipinski definition) is 2. The fourth-order valence-corrected chi connectivity index (χ4v) is 6.44. The van der Waals surface area contributed by atoms with E-state index in [1.54, 1.807) is 25.1 Å². The molecule has 1 aromatic heterocycles. The predicted octanol–water partition coefficient (Wildman–Crippen LogP) is 5.23. The van der Waals surface area contributed by atoms with Crippen molar-refractivity contribution >= 4 is 16.9 Å². The highest BCUT2D eigenvalue weighted by Gasteiger charge is 2.50. The molecule has 0 amide bonds. The number of fused-ring (bicyclic) bond motifs is 1. The maximum Gasteiger partial charge on any atom is 0.308 e. The highest BCUT2D eigenvalue weighted by Crippen LogP contribution is 2.48. The molecule has 202 valence electrons. The zero-order valence-corrected chi connectivity index (χ0v) is 21.3. The summed E-state index contributed by atoms with van der Waals surface area (Å²) in [5, 5.41) is 22.7. The van der Waals surface area contributed by atoms with Crippen molar-refractivity contribution in [1.82, 2.24) is 9.88 Å². The maximum atomic E-state index is 15.4. The number of aromatic nitrogens is 1. The van der Waals surface area contributed by atoms with Crippen LogP contribution in [0.15, 0.2) is 42.6 Å². The molecule has 0 bridgehead atoms. The largest absolute Gasteiger partial charge is 0.497 e. The monoisotopic (exact) mass is 528 g/mol. The molecule has 5 rings (SSSR count). The van der Waals surface area contributed by atoms with Crippen LogP contribution in [0.2, 0.25) is 0 Å². The first kappa shape index (κ1) is 26.4. The van der Waals surface area contributed by atoms with Crippen LogP contribution < -0.4 is 4.74 Å². The quantitative estimate of drug-likeness (QED) is 0.437. The molecule has 9 heteroatoms. The number of aliphatic carboxylic acids is 1. The number of piperidine rings is 1. The number of carboxylic acids is 1. The van der Waals surface area contributed by atoms with E-state index in [4.69, 9.17) is 4.74 Å². The Hall–Kier alpha value is -3.17. The topological polar surface area (TPSA) is 82.9 Å². The van der Waals surface area contributed by atoms with E-state index in [0.717, 1.165) is 12.3 Å². The lowest BCUT2D eigenvalue weighted by molar-refractivity contribution is -0.157. The molecule has 2 aromatic carbocycles. The number of ether oxygens (including phenoxy) is 1. The van der Waals surface area contributed by atoms with Crippen molar-refractivity contribution in [2.24, 2.45) is 11.8 Å². The Kier molecular flexibility index (Phi) is 7.09. The minimum atomic E-state index is -1.74. The van der Waals surface area contributed by atoms with Gasteiger partial charge in [-0.3, -0.25) is 14.7 Å². The molecule has 2 aliphatic rings. The molecule has 38 heavy (non-hydrogen) atoms. The summed E-state index contributed by atoms with van der Waals surface area (Å²) in [5.74, 6) is -4.15. The van der Waals surface area contributed by atoms with E-state index in [0.29, 0.717) is 48.0 Å². The fraction of sp³-hybridized carbons (Fsp3) is 0.448. The van der Waals surface area contributed by atoms with Crippen LogP contribution in [0.3, 0.4) is 0 Å². The zero-order valence-electron chi connectivity index (χ0n) is 21.3. The number of carboxylic acid groups (broad SMARTS) is 1. The lowest BCUT2D eigenvalue weighted by Crippen LogP contribution is -2.56. The standard InChI is InChI=1S/C29H31F3N2O4/c1-3-29(37,27-22-13-21(38-2)4-5-26(22)33-14-25(27)32)24-6-7-34(15-23(24)28(35)36)20-10-17(11-20)16-8-18(30)12-19(31)9-16/h4-5,8-9,12-14,17,20,23-24,37H,3,6-7,10-11,15H2,1-2H3,(H,35,36)/t17?,20?,23-,24+,29?/m0/s1. The Morgan fingerprint density at radius 2 is 1.87 bits per heavy atom. The van der Waals surface area contributed by atoms with Gasteiger partial charge < -0.3 is 14.9 Å². The van der Waals surface area contributed by atoms with E-state index < -0.39 is 40.9 Å². The summed E-state index contributed by atoms with van der Waals surface area (Å²) < 4.78 is 48.0. The number of nitrogens with zero attached hydrogens (tertiary/aromatic N) is 2. The van der Waals surface area contributed by atoms with Crippen LogP contribution in [-0.2, 0) is 10.4 Å². The van der Waals surface area contributed by atoms with E-state index in [-0.39, 0.29) is 30.5 Å². The Morgan fingerprint density at radius 1 is 1.16 bits per heavy atom. The summed E-state index contributed by atoms with van der Waals surface area (Å²) in [6.45, 7) is 2.45. The molecule has 1 unspecified atom stereocenters. The molecule has 0 spiro atoms. The zero-order chi connectivity index (χ0) is 27.2. The molecule has 1 saturated carbocycles. The Morgan fingerprint density at radius 3 is 2.50 bits per heavy atom. The van der Waals surface area contributed by atoms with Gasteiger partial charge in [0.05, 0.1) is 30.3 Å². The highest BCUT2D eigenvalue weighted by molar-refractivity contribution is 5.85. The summed E-state index contributed by atoms with van der Waals surface area (Å²) in [6, 6.07) is 8.62.